The molecule has 2 rings (SSSR count). The van der Waals surface area contributed by atoms with Gasteiger partial charge in [0.15, 0.2) is 0 Å². The van der Waals surface area contributed by atoms with Crippen molar-refractivity contribution in [2.45, 2.75) is 12.2 Å². The maximum absolute atomic E-state index is 12.4. The molecule has 0 saturated heterocycles. The molecule has 2 N–H and O–H groups in total. The van der Waals surface area contributed by atoms with Crippen LogP contribution in [0, 0.1) is 0 Å². The predicted octanol–water partition coefficient (Wildman–Crippen LogP) is 2.71. The first-order valence-corrected chi connectivity index (χ1v) is 5.16. The lowest BCUT2D eigenvalue weighted by atomic mass is 10.0. The normalized spacial score (nSPS) is 13.3. The van der Waals surface area contributed by atoms with Gasteiger partial charge in [0.2, 0.25) is 0 Å². The van der Waals surface area contributed by atoms with Gasteiger partial charge in [-0.3, -0.25) is 0 Å². The molecule has 1 aromatic heterocycles. The van der Waals surface area contributed by atoms with Crippen molar-refractivity contribution in [1.82, 2.24) is 9.97 Å². The van der Waals surface area contributed by atoms with E-state index in [-0.39, 0.29) is 5.56 Å². The van der Waals surface area contributed by atoms with Crippen LogP contribution in [0.2, 0.25) is 0 Å². The van der Waals surface area contributed by atoms with Gasteiger partial charge in [-0.1, -0.05) is 24.3 Å². The minimum absolute atomic E-state index is 0.0306. The van der Waals surface area contributed by atoms with Crippen molar-refractivity contribution in [3.8, 4) is 11.1 Å². The fourth-order valence-corrected chi connectivity index (χ4v) is 1.52. The summed E-state index contributed by atoms with van der Waals surface area (Å²) in [5.41, 5.74) is 6.63. The molecule has 6 heteroatoms. The average Bonchev–Trinajstić information content (AvgIpc) is 2.38. The molecular weight excluding hydrogens is 243 g/mol. The molecule has 0 spiro atoms. The first kappa shape index (κ1) is 12.5. The van der Waals surface area contributed by atoms with Crippen molar-refractivity contribution < 1.29 is 13.2 Å². The van der Waals surface area contributed by atoms with E-state index in [1.165, 1.54) is 18.5 Å². The van der Waals surface area contributed by atoms with Crippen LogP contribution in [0.15, 0.2) is 43.0 Å². The molecule has 0 radical (unpaired) electrons. The van der Waals surface area contributed by atoms with Crippen LogP contribution in [0.4, 0.5) is 13.2 Å². The number of benzene rings is 1. The molecule has 18 heavy (non-hydrogen) atoms. The molecule has 94 valence electrons. The molecular formula is C12H10F3N3. The van der Waals surface area contributed by atoms with Crippen molar-refractivity contribution in [3.63, 3.8) is 0 Å². The molecule has 0 amide bonds. The first-order valence-electron chi connectivity index (χ1n) is 5.16. The van der Waals surface area contributed by atoms with E-state index in [2.05, 4.69) is 9.97 Å². The van der Waals surface area contributed by atoms with Crippen LogP contribution in [0.25, 0.3) is 11.1 Å². The van der Waals surface area contributed by atoms with Gasteiger partial charge in [-0.2, -0.15) is 13.2 Å². The second-order valence-electron chi connectivity index (χ2n) is 3.77. The lowest BCUT2D eigenvalue weighted by Crippen LogP contribution is -2.28. The maximum atomic E-state index is 12.4. The Bertz CT molecular complexity index is 508. The summed E-state index contributed by atoms with van der Waals surface area (Å²) in [7, 11) is 0. The van der Waals surface area contributed by atoms with E-state index in [1.807, 2.05) is 0 Å². The largest absolute Gasteiger partial charge is 0.407 e. The Hall–Kier alpha value is -1.95. The minimum atomic E-state index is -4.43. The summed E-state index contributed by atoms with van der Waals surface area (Å²) in [6, 6.07) is 3.90. The van der Waals surface area contributed by atoms with Gasteiger partial charge in [-0.05, 0) is 11.1 Å². The van der Waals surface area contributed by atoms with E-state index in [9.17, 15) is 13.2 Å². The zero-order valence-electron chi connectivity index (χ0n) is 9.22. The minimum Gasteiger partial charge on any atom is -0.316 e. The number of hydrogen-bond acceptors (Lipinski definition) is 3. The summed E-state index contributed by atoms with van der Waals surface area (Å²) in [5.74, 6) is 0. The third-order valence-corrected chi connectivity index (χ3v) is 2.52. The van der Waals surface area contributed by atoms with Gasteiger partial charge in [0.05, 0.1) is 0 Å². The highest BCUT2D eigenvalue weighted by atomic mass is 19.4. The van der Waals surface area contributed by atoms with Crippen molar-refractivity contribution >= 4 is 0 Å². The number of hydrogen-bond donors (Lipinski definition) is 1. The Morgan fingerprint density at radius 2 is 1.50 bits per heavy atom. The van der Waals surface area contributed by atoms with Crippen molar-refractivity contribution in [3.05, 3.63) is 48.5 Å². The standard InChI is InChI=1S/C12H10F3N3/c13-12(14,15)11(16)9-3-1-8(2-4-9)10-5-17-7-18-6-10/h1-7,11H,16H2/t11-/m0/s1. The van der Waals surface area contributed by atoms with Crippen LogP contribution < -0.4 is 5.73 Å². The summed E-state index contributed by atoms with van der Waals surface area (Å²) in [6.07, 6.45) is 0.131. The van der Waals surface area contributed by atoms with Gasteiger partial charge >= 0.3 is 6.18 Å². The number of nitrogens with zero attached hydrogens (tertiary/aromatic N) is 2. The number of halogens is 3. The Labute approximate surface area is 101 Å². The van der Waals surface area contributed by atoms with Crippen LogP contribution >= 0.6 is 0 Å². The zero-order valence-corrected chi connectivity index (χ0v) is 9.22. The first-order chi connectivity index (χ1) is 8.48. The van der Waals surface area contributed by atoms with E-state index >= 15 is 0 Å². The molecule has 0 saturated carbocycles. The van der Waals surface area contributed by atoms with E-state index in [1.54, 1.807) is 24.5 Å². The summed E-state index contributed by atoms with van der Waals surface area (Å²) in [4.78, 5) is 7.68. The van der Waals surface area contributed by atoms with Crippen LogP contribution in [0.1, 0.15) is 11.6 Å². The summed E-state index contributed by atoms with van der Waals surface area (Å²) >= 11 is 0. The molecule has 1 atom stereocenters. The Morgan fingerprint density at radius 3 is 2.00 bits per heavy atom. The molecule has 0 aliphatic heterocycles. The van der Waals surface area contributed by atoms with Gasteiger partial charge in [-0.15, -0.1) is 0 Å². The van der Waals surface area contributed by atoms with Crippen LogP contribution in [0.5, 0.6) is 0 Å². The molecule has 1 aromatic carbocycles. The Kier molecular flexibility index (Phi) is 3.29. The quantitative estimate of drug-likeness (QED) is 0.895. The van der Waals surface area contributed by atoms with Crippen LogP contribution in [-0.4, -0.2) is 16.1 Å². The second kappa shape index (κ2) is 4.73. The summed E-state index contributed by atoms with van der Waals surface area (Å²) in [5, 5.41) is 0. The summed E-state index contributed by atoms with van der Waals surface area (Å²) < 4.78 is 37.2. The van der Waals surface area contributed by atoms with E-state index < -0.39 is 12.2 Å². The lowest BCUT2D eigenvalue weighted by Gasteiger charge is -2.16. The van der Waals surface area contributed by atoms with Gasteiger partial charge in [-0.25, -0.2) is 9.97 Å². The van der Waals surface area contributed by atoms with E-state index in [0.717, 1.165) is 11.1 Å². The van der Waals surface area contributed by atoms with Gasteiger partial charge < -0.3 is 5.73 Å². The van der Waals surface area contributed by atoms with E-state index in [4.69, 9.17) is 5.73 Å². The topological polar surface area (TPSA) is 51.8 Å². The third-order valence-electron chi connectivity index (χ3n) is 2.52. The second-order valence-corrected chi connectivity index (χ2v) is 3.77. The number of rotatable bonds is 2. The number of nitrogens with two attached hydrogens (primary N) is 1. The Morgan fingerprint density at radius 1 is 0.944 bits per heavy atom. The highest BCUT2D eigenvalue weighted by molar-refractivity contribution is 5.61. The third kappa shape index (κ3) is 2.65. The van der Waals surface area contributed by atoms with Crippen LogP contribution in [-0.2, 0) is 0 Å². The highest BCUT2D eigenvalue weighted by Crippen LogP contribution is 2.31. The monoisotopic (exact) mass is 253 g/mol. The van der Waals surface area contributed by atoms with Crippen molar-refractivity contribution in [1.29, 1.82) is 0 Å². The van der Waals surface area contributed by atoms with Gasteiger partial charge in [0.25, 0.3) is 0 Å². The molecule has 0 unspecified atom stereocenters. The molecule has 2 aromatic rings. The molecule has 0 aliphatic rings. The fraction of sp³-hybridized carbons (Fsp3) is 0.167. The Balaban J connectivity index is 2.26. The van der Waals surface area contributed by atoms with Crippen molar-refractivity contribution in [2.75, 3.05) is 0 Å². The SMILES string of the molecule is N[C@@H](c1ccc(-c2cncnc2)cc1)C(F)(F)F. The number of aromatic nitrogens is 2. The average molecular weight is 253 g/mol. The van der Waals surface area contributed by atoms with Crippen molar-refractivity contribution in [2.24, 2.45) is 5.73 Å². The molecule has 3 nitrogen and oxygen atoms in total. The molecule has 0 fully saturated rings. The predicted molar refractivity (Wildman–Crippen MR) is 60.5 cm³/mol. The van der Waals surface area contributed by atoms with E-state index in [0.29, 0.717) is 0 Å². The number of alkyl halides is 3. The maximum Gasteiger partial charge on any atom is 0.407 e. The highest BCUT2D eigenvalue weighted by Gasteiger charge is 2.37. The van der Waals surface area contributed by atoms with Gasteiger partial charge in [0.1, 0.15) is 12.4 Å². The zero-order chi connectivity index (χ0) is 13.2. The lowest BCUT2D eigenvalue weighted by molar-refractivity contribution is -0.149. The van der Waals surface area contributed by atoms with Gasteiger partial charge in [0, 0.05) is 18.0 Å². The molecule has 1 heterocycles. The molecule has 0 aliphatic carbocycles. The van der Waals surface area contributed by atoms with Crippen LogP contribution in [0.3, 0.4) is 0 Å². The smallest absolute Gasteiger partial charge is 0.316 e. The molecule has 0 bridgehead atoms. The fourth-order valence-electron chi connectivity index (χ4n) is 1.52. The summed E-state index contributed by atoms with van der Waals surface area (Å²) in [6.45, 7) is 0.